The molecule has 1 saturated carbocycles. The summed E-state index contributed by atoms with van der Waals surface area (Å²) in [5.41, 5.74) is 1.13. The number of aromatic nitrogens is 1. The molecule has 1 saturated heterocycles. The molecule has 130 valence electrons. The Morgan fingerprint density at radius 2 is 2.08 bits per heavy atom. The van der Waals surface area contributed by atoms with Crippen molar-refractivity contribution in [1.82, 2.24) is 15.2 Å². The number of para-hydroxylation sites is 1. The maximum atomic E-state index is 12.7. The summed E-state index contributed by atoms with van der Waals surface area (Å²) in [4.78, 5) is 31.6. The van der Waals surface area contributed by atoms with E-state index in [9.17, 15) is 9.59 Å². The van der Waals surface area contributed by atoms with Crippen LogP contribution in [0.5, 0.6) is 5.88 Å². The van der Waals surface area contributed by atoms with Crippen LogP contribution in [0.2, 0.25) is 0 Å². The predicted octanol–water partition coefficient (Wildman–Crippen LogP) is 2.13. The van der Waals surface area contributed by atoms with Crippen LogP contribution in [0.25, 0.3) is 10.9 Å². The molecule has 2 aromatic rings. The van der Waals surface area contributed by atoms with E-state index in [2.05, 4.69) is 10.3 Å². The van der Waals surface area contributed by atoms with Gasteiger partial charge in [0.1, 0.15) is 11.6 Å². The lowest BCUT2D eigenvalue weighted by atomic mass is 9.92. The van der Waals surface area contributed by atoms with Crippen molar-refractivity contribution >= 4 is 22.7 Å². The molecule has 2 amide bonds. The number of carbonyl (C=O) groups is 2. The van der Waals surface area contributed by atoms with Crippen molar-refractivity contribution in [2.75, 3.05) is 13.7 Å². The first kappa shape index (κ1) is 15.9. The van der Waals surface area contributed by atoms with Gasteiger partial charge in [-0.05, 0) is 37.8 Å². The summed E-state index contributed by atoms with van der Waals surface area (Å²) in [6.07, 6.45) is 4.00. The van der Waals surface area contributed by atoms with Crippen molar-refractivity contribution < 1.29 is 14.3 Å². The highest BCUT2D eigenvalue weighted by Gasteiger charge is 2.39. The Kier molecular flexibility index (Phi) is 4.03. The second-order valence-electron chi connectivity index (χ2n) is 6.67. The van der Waals surface area contributed by atoms with Gasteiger partial charge in [-0.1, -0.05) is 18.2 Å². The highest BCUT2D eigenvalue weighted by atomic mass is 16.5. The average Bonchev–Trinajstić information content (AvgIpc) is 2.93. The predicted molar refractivity (Wildman–Crippen MR) is 93.5 cm³/mol. The van der Waals surface area contributed by atoms with Gasteiger partial charge < -0.3 is 15.0 Å². The van der Waals surface area contributed by atoms with E-state index in [4.69, 9.17) is 4.74 Å². The van der Waals surface area contributed by atoms with Crippen LogP contribution in [-0.2, 0) is 4.79 Å². The van der Waals surface area contributed by atoms with E-state index in [-0.39, 0.29) is 17.7 Å². The number of carbonyl (C=O) groups excluding carboxylic acids is 2. The van der Waals surface area contributed by atoms with Gasteiger partial charge in [-0.25, -0.2) is 4.98 Å². The lowest BCUT2D eigenvalue weighted by Gasteiger charge is -2.34. The van der Waals surface area contributed by atoms with Gasteiger partial charge in [0.25, 0.3) is 5.91 Å². The van der Waals surface area contributed by atoms with Crippen molar-refractivity contribution in [3.63, 3.8) is 0 Å². The molecule has 1 atom stereocenters. The molecule has 1 aromatic carbocycles. The fourth-order valence-corrected chi connectivity index (χ4v) is 3.55. The summed E-state index contributed by atoms with van der Waals surface area (Å²) in [5.74, 6) is -0.00725. The summed E-state index contributed by atoms with van der Waals surface area (Å²) >= 11 is 0. The number of methoxy groups -OCH3 is 1. The summed E-state index contributed by atoms with van der Waals surface area (Å²) in [6.45, 7) is 0.724. The molecule has 1 aliphatic carbocycles. The fourth-order valence-electron chi connectivity index (χ4n) is 3.55. The molecule has 0 radical (unpaired) electrons. The van der Waals surface area contributed by atoms with Gasteiger partial charge in [0.05, 0.1) is 12.6 Å². The highest BCUT2D eigenvalue weighted by Crippen LogP contribution is 2.29. The van der Waals surface area contributed by atoms with Gasteiger partial charge in [-0.15, -0.1) is 0 Å². The molecule has 6 heteroatoms. The molecule has 1 unspecified atom stereocenters. The minimum absolute atomic E-state index is 0.0331. The molecule has 2 fully saturated rings. The molecule has 6 nitrogen and oxygen atoms in total. The van der Waals surface area contributed by atoms with Crippen molar-refractivity contribution in [3.8, 4) is 5.88 Å². The third-order valence-corrected chi connectivity index (χ3v) is 5.19. The molecule has 0 spiro atoms. The SMILES string of the molecule is COc1nc2ccccc2cc1C(=O)NC1CCN(C2CCC2)C1=O. The Morgan fingerprint density at radius 3 is 2.80 bits per heavy atom. The smallest absolute Gasteiger partial charge is 0.257 e. The van der Waals surface area contributed by atoms with Gasteiger partial charge in [0.2, 0.25) is 11.8 Å². The summed E-state index contributed by atoms with van der Waals surface area (Å²) in [6, 6.07) is 9.24. The topological polar surface area (TPSA) is 71.5 Å². The van der Waals surface area contributed by atoms with Gasteiger partial charge in [0, 0.05) is 18.0 Å². The minimum atomic E-state index is -0.454. The van der Waals surface area contributed by atoms with Crippen molar-refractivity contribution in [1.29, 1.82) is 0 Å². The number of nitrogens with zero attached hydrogens (tertiary/aromatic N) is 2. The molecule has 1 aromatic heterocycles. The number of amides is 2. The molecule has 1 aliphatic heterocycles. The van der Waals surface area contributed by atoms with Crippen molar-refractivity contribution in [2.24, 2.45) is 0 Å². The number of pyridine rings is 1. The third kappa shape index (κ3) is 2.81. The van der Waals surface area contributed by atoms with Crippen LogP contribution in [0, 0.1) is 0 Å². The average molecular weight is 339 g/mol. The van der Waals surface area contributed by atoms with E-state index in [1.54, 1.807) is 6.07 Å². The molecular formula is C19H21N3O3. The van der Waals surface area contributed by atoms with Gasteiger partial charge in [-0.2, -0.15) is 0 Å². The number of fused-ring (bicyclic) bond motifs is 1. The minimum Gasteiger partial charge on any atom is -0.480 e. The van der Waals surface area contributed by atoms with E-state index in [0.29, 0.717) is 18.0 Å². The number of rotatable bonds is 4. The normalized spacial score (nSPS) is 20.6. The monoisotopic (exact) mass is 339 g/mol. The quantitative estimate of drug-likeness (QED) is 0.926. The molecular weight excluding hydrogens is 318 g/mol. The number of likely N-dealkylation sites (tertiary alicyclic amines) is 1. The first-order chi connectivity index (χ1) is 12.2. The van der Waals surface area contributed by atoms with E-state index < -0.39 is 6.04 Å². The van der Waals surface area contributed by atoms with Crippen LogP contribution >= 0.6 is 0 Å². The Hall–Kier alpha value is -2.63. The summed E-state index contributed by atoms with van der Waals surface area (Å²) in [7, 11) is 1.49. The van der Waals surface area contributed by atoms with Crippen LogP contribution in [0.1, 0.15) is 36.0 Å². The number of benzene rings is 1. The molecule has 0 bridgehead atoms. The lowest BCUT2D eigenvalue weighted by molar-refractivity contribution is -0.132. The zero-order chi connectivity index (χ0) is 17.4. The van der Waals surface area contributed by atoms with E-state index in [1.807, 2.05) is 29.2 Å². The van der Waals surface area contributed by atoms with E-state index in [0.717, 1.165) is 30.3 Å². The molecule has 2 aliphatic rings. The number of nitrogens with one attached hydrogen (secondary N) is 1. The van der Waals surface area contributed by atoms with Crippen LogP contribution in [0.3, 0.4) is 0 Å². The second-order valence-corrected chi connectivity index (χ2v) is 6.67. The van der Waals surface area contributed by atoms with Crippen LogP contribution in [-0.4, -0.2) is 47.4 Å². The Morgan fingerprint density at radius 1 is 1.28 bits per heavy atom. The maximum absolute atomic E-state index is 12.7. The molecule has 2 heterocycles. The van der Waals surface area contributed by atoms with Gasteiger partial charge in [0.15, 0.2) is 0 Å². The van der Waals surface area contributed by atoms with Gasteiger partial charge in [-0.3, -0.25) is 9.59 Å². The standard InChI is InChI=1S/C19H21N3O3/c1-25-18-14(11-12-5-2-3-8-15(12)21-18)17(23)20-16-9-10-22(19(16)24)13-6-4-7-13/h2-3,5,8,11,13,16H,4,6-7,9-10H2,1H3,(H,20,23). The maximum Gasteiger partial charge on any atom is 0.257 e. The zero-order valence-corrected chi connectivity index (χ0v) is 14.2. The van der Waals surface area contributed by atoms with Crippen molar-refractivity contribution in [2.45, 2.75) is 37.8 Å². The summed E-state index contributed by atoms with van der Waals surface area (Å²) < 4.78 is 5.28. The zero-order valence-electron chi connectivity index (χ0n) is 14.2. The van der Waals surface area contributed by atoms with Crippen LogP contribution < -0.4 is 10.1 Å². The lowest BCUT2D eigenvalue weighted by Crippen LogP contribution is -2.46. The largest absolute Gasteiger partial charge is 0.480 e. The first-order valence-corrected chi connectivity index (χ1v) is 8.72. The molecule has 4 rings (SSSR count). The van der Waals surface area contributed by atoms with Crippen LogP contribution in [0.15, 0.2) is 30.3 Å². The van der Waals surface area contributed by atoms with E-state index >= 15 is 0 Å². The number of ether oxygens (including phenoxy) is 1. The molecule has 1 N–H and O–H groups in total. The number of hydrogen-bond acceptors (Lipinski definition) is 4. The highest BCUT2D eigenvalue weighted by molar-refractivity contribution is 6.02. The van der Waals surface area contributed by atoms with Crippen LogP contribution in [0.4, 0.5) is 0 Å². The molecule has 25 heavy (non-hydrogen) atoms. The second kappa shape index (κ2) is 6.35. The first-order valence-electron chi connectivity index (χ1n) is 8.72. The van der Waals surface area contributed by atoms with Gasteiger partial charge >= 0.3 is 0 Å². The van der Waals surface area contributed by atoms with E-state index in [1.165, 1.54) is 13.5 Å². The Labute approximate surface area is 146 Å². The Bertz CT molecular complexity index is 832. The third-order valence-electron chi connectivity index (χ3n) is 5.19. The van der Waals surface area contributed by atoms with Crippen molar-refractivity contribution in [3.05, 3.63) is 35.9 Å². The number of hydrogen-bond donors (Lipinski definition) is 1. The Balaban J connectivity index is 1.54. The fraction of sp³-hybridized carbons (Fsp3) is 0.421. The summed E-state index contributed by atoms with van der Waals surface area (Å²) in [5, 5.41) is 3.73.